The molecule has 0 radical (unpaired) electrons. The van der Waals surface area contributed by atoms with Crippen molar-refractivity contribution in [2.75, 3.05) is 0 Å². The van der Waals surface area contributed by atoms with Gasteiger partial charge in [0, 0.05) is 34.4 Å². The molecule has 0 saturated heterocycles. The number of aliphatic hydroxyl groups excluding tert-OH is 1. The monoisotopic (exact) mass is 976 g/mol. The number of benzene rings is 10. The first-order chi connectivity index (χ1) is 37.4. The fourth-order valence-electron chi connectivity index (χ4n) is 10.7. The molecular weight excluding hydrogens is 925 g/mol. The third-order valence-electron chi connectivity index (χ3n) is 14.3. The van der Waals surface area contributed by atoms with Gasteiger partial charge < -0.3 is 5.11 Å². The van der Waals surface area contributed by atoms with Crippen molar-refractivity contribution in [1.82, 2.24) is 9.97 Å². The number of hydrogen-bond donors (Lipinski definition) is 1. The highest BCUT2D eigenvalue weighted by atomic mass is 16.3. The summed E-state index contributed by atoms with van der Waals surface area (Å²) in [6.45, 7) is 1.53. The van der Waals surface area contributed by atoms with Crippen molar-refractivity contribution in [3.63, 3.8) is 0 Å². The molecule has 0 fully saturated rings. The van der Waals surface area contributed by atoms with Crippen molar-refractivity contribution in [1.29, 1.82) is 0 Å². The van der Waals surface area contributed by atoms with E-state index in [4.69, 9.17) is 9.97 Å². The van der Waals surface area contributed by atoms with Crippen LogP contribution in [0.25, 0.3) is 122 Å². The molecule has 0 saturated carbocycles. The van der Waals surface area contributed by atoms with E-state index in [9.17, 15) is 9.90 Å². The minimum atomic E-state index is -0.106. The Bertz CT molecular complexity index is 3890. The van der Waals surface area contributed by atoms with E-state index in [-0.39, 0.29) is 18.0 Å². The average molecular weight is 977 g/mol. The summed E-state index contributed by atoms with van der Waals surface area (Å²) in [5.74, 6) is -0.0902. The fourth-order valence-corrected chi connectivity index (χ4v) is 10.7. The predicted molar refractivity (Wildman–Crippen MR) is 316 cm³/mol. The third-order valence-corrected chi connectivity index (χ3v) is 14.3. The van der Waals surface area contributed by atoms with Crippen LogP contribution in [0, 0.1) is 0 Å². The van der Waals surface area contributed by atoms with E-state index >= 15 is 0 Å². The highest BCUT2D eigenvalue weighted by Crippen LogP contribution is 2.42. The number of ketones is 1. The SMILES string of the molecule is C/C(O)=C/C(=O)CCc1ccccc1-c1cc(-c2ccccc2-c2ccc(-c3cc(-c4ccccc4)c4ccccc4n3)cc2)cc(-c2ccccc2-c2ccc(-c3cc(-c4ccccc4)c4ccccc4n3)cc2)c1. The molecule has 0 atom stereocenters. The zero-order chi connectivity index (χ0) is 51.4. The molecule has 0 aliphatic heterocycles. The summed E-state index contributed by atoms with van der Waals surface area (Å²) in [5.41, 5.74) is 22.4. The second kappa shape index (κ2) is 21.0. The molecule has 0 aliphatic carbocycles. The maximum Gasteiger partial charge on any atom is 0.159 e. The summed E-state index contributed by atoms with van der Waals surface area (Å²) in [6, 6.07) is 92.3. The normalized spacial score (nSPS) is 11.5. The number of pyridine rings is 2. The third kappa shape index (κ3) is 9.76. The number of carbonyl (C=O) groups is 1. The molecule has 0 aliphatic rings. The molecule has 76 heavy (non-hydrogen) atoms. The first-order valence-electron chi connectivity index (χ1n) is 25.8. The number of hydrogen-bond acceptors (Lipinski definition) is 4. The van der Waals surface area contributed by atoms with Crippen LogP contribution in [0.4, 0.5) is 0 Å². The van der Waals surface area contributed by atoms with Gasteiger partial charge in [0.2, 0.25) is 0 Å². The number of aryl methyl sites for hydroxylation is 1. The van der Waals surface area contributed by atoms with Crippen LogP contribution >= 0.6 is 0 Å². The summed E-state index contributed by atoms with van der Waals surface area (Å²) in [4.78, 5) is 23.2. The number of fused-ring (bicyclic) bond motifs is 2. The predicted octanol–water partition coefficient (Wildman–Crippen LogP) is 18.7. The second-order valence-corrected chi connectivity index (χ2v) is 19.3. The summed E-state index contributed by atoms with van der Waals surface area (Å²) in [7, 11) is 0. The smallest absolute Gasteiger partial charge is 0.159 e. The molecule has 362 valence electrons. The van der Waals surface area contributed by atoms with Gasteiger partial charge in [-0.1, -0.05) is 218 Å². The molecule has 4 nitrogen and oxygen atoms in total. The van der Waals surface area contributed by atoms with E-state index in [1.807, 2.05) is 18.2 Å². The number of carbonyl (C=O) groups excluding carboxylic acids is 1. The Morgan fingerprint density at radius 2 is 0.697 bits per heavy atom. The van der Waals surface area contributed by atoms with E-state index in [1.165, 1.54) is 13.0 Å². The van der Waals surface area contributed by atoms with Gasteiger partial charge in [0.1, 0.15) is 0 Å². The van der Waals surface area contributed by atoms with E-state index in [2.05, 4.69) is 243 Å². The molecule has 0 unspecified atom stereocenters. The summed E-state index contributed by atoms with van der Waals surface area (Å²) < 4.78 is 0. The standard InChI is InChI=1S/C72H52N2O2/c1-48(75)42-59(76)41-40-51-22-8-9-23-60(51)56-43-57(63-26-12-10-24-61(63)52-32-36-54(37-33-52)71-46-67(49-18-4-2-5-19-49)65-28-14-16-30-69(65)73-71)45-58(44-56)64-27-13-11-25-62(64)53-34-38-55(39-35-53)72-47-68(50-20-6-3-7-21-50)66-29-15-17-31-70(66)74-72/h2-39,42-47,75H,40-41H2,1H3/b48-42-. The van der Waals surface area contributed by atoms with Crippen LogP contribution < -0.4 is 0 Å². The summed E-state index contributed by atoms with van der Waals surface area (Å²) >= 11 is 0. The van der Waals surface area contributed by atoms with E-state index < -0.39 is 0 Å². The van der Waals surface area contributed by atoms with Crippen molar-refractivity contribution in [3.05, 3.63) is 278 Å². The number of allylic oxidation sites excluding steroid dienone is 2. The van der Waals surface area contributed by atoms with Gasteiger partial charge in [0.25, 0.3) is 0 Å². The van der Waals surface area contributed by atoms with Crippen LogP contribution in [0.1, 0.15) is 18.9 Å². The molecular formula is C72H52N2O2. The van der Waals surface area contributed by atoms with Crippen LogP contribution in [0.3, 0.4) is 0 Å². The van der Waals surface area contributed by atoms with Crippen molar-refractivity contribution in [3.8, 4) is 100 Å². The van der Waals surface area contributed by atoms with E-state index in [0.29, 0.717) is 6.42 Å². The van der Waals surface area contributed by atoms with Gasteiger partial charge in [-0.2, -0.15) is 0 Å². The van der Waals surface area contributed by atoms with E-state index in [0.717, 1.165) is 128 Å². The van der Waals surface area contributed by atoms with Crippen LogP contribution in [0.5, 0.6) is 0 Å². The fraction of sp³-hybridized carbons (Fsp3) is 0.0417. The van der Waals surface area contributed by atoms with Crippen molar-refractivity contribution in [2.24, 2.45) is 0 Å². The van der Waals surface area contributed by atoms with Gasteiger partial charge in [-0.25, -0.2) is 9.97 Å². The van der Waals surface area contributed by atoms with Crippen LogP contribution in [0.15, 0.2) is 273 Å². The van der Waals surface area contributed by atoms with Crippen molar-refractivity contribution in [2.45, 2.75) is 19.8 Å². The van der Waals surface area contributed by atoms with E-state index in [1.54, 1.807) is 0 Å². The quantitative estimate of drug-likeness (QED) is 0.0924. The first-order valence-corrected chi connectivity index (χ1v) is 25.8. The molecule has 12 aromatic rings. The molecule has 0 amide bonds. The lowest BCUT2D eigenvalue weighted by molar-refractivity contribution is -0.114. The van der Waals surface area contributed by atoms with Gasteiger partial charge in [-0.15, -0.1) is 0 Å². The number of rotatable bonds is 13. The second-order valence-electron chi connectivity index (χ2n) is 19.3. The Balaban J connectivity index is 0.949. The van der Waals surface area contributed by atoms with Crippen molar-refractivity contribution >= 4 is 27.6 Å². The van der Waals surface area contributed by atoms with Gasteiger partial charge in [-0.3, -0.25) is 4.79 Å². The topological polar surface area (TPSA) is 63.1 Å². The van der Waals surface area contributed by atoms with Crippen LogP contribution in [0.2, 0.25) is 0 Å². The van der Waals surface area contributed by atoms with Gasteiger partial charge in [0.15, 0.2) is 5.78 Å². The highest BCUT2D eigenvalue weighted by Gasteiger charge is 2.18. The molecule has 0 bridgehead atoms. The Hall–Kier alpha value is -9.77. The summed E-state index contributed by atoms with van der Waals surface area (Å²) in [6.07, 6.45) is 2.13. The minimum Gasteiger partial charge on any atom is -0.512 e. The summed E-state index contributed by atoms with van der Waals surface area (Å²) in [5, 5.41) is 12.1. The number of aromatic nitrogens is 2. The molecule has 12 rings (SSSR count). The number of aliphatic hydroxyl groups is 1. The van der Waals surface area contributed by atoms with Gasteiger partial charge in [0.05, 0.1) is 28.2 Å². The minimum absolute atomic E-state index is 0.0161. The average Bonchev–Trinajstić information content (AvgIpc) is 3.51. The van der Waals surface area contributed by atoms with Crippen molar-refractivity contribution < 1.29 is 9.90 Å². The first kappa shape index (κ1) is 47.2. The molecule has 10 aromatic carbocycles. The van der Waals surface area contributed by atoms with Crippen LogP contribution in [-0.4, -0.2) is 20.9 Å². The Morgan fingerprint density at radius 3 is 1.14 bits per heavy atom. The van der Waals surface area contributed by atoms with Gasteiger partial charge >= 0.3 is 0 Å². The zero-order valence-corrected chi connectivity index (χ0v) is 42.1. The number of nitrogens with zero attached hydrogens (tertiary/aromatic N) is 2. The molecule has 4 heteroatoms. The number of para-hydroxylation sites is 2. The lowest BCUT2D eigenvalue weighted by atomic mass is 9.86. The molecule has 2 aromatic heterocycles. The Morgan fingerprint density at radius 1 is 0.355 bits per heavy atom. The van der Waals surface area contributed by atoms with Gasteiger partial charge in [-0.05, 0) is 139 Å². The molecule has 2 heterocycles. The Labute approximate surface area is 443 Å². The zero-order valence-electron chi connectivity index (χ0n) is 42.1. The maximum absolute atomic E-state index is 12.9. The van der Waals surface area contributed by atoms with Crippen LogP contribution in [-0.2, 0) is 11.2 Å². The Kier molecular flexibility index (Phi) is 13.0. The molecule has 1 N–H and O–H groups in total. The molecule has 0 spiro atoms. The largest absolute Gasteiger partial charge is 0.512 e. The lowest BCUT2D eigenvalue weighted by Gasteiger charge is -2.18. The lowest BCUT2D eigenvalue weighted by Crippen LogP contribution is -1.99. The maximum atomic E-state index is 12.9. The highest BCUT2D eigenvalue weighted by molar-refractivity contribution is 5.99.